The van der Waals surface area contributed by atoms with E-state index in [0.717, 1.165) is 4.90 Å². The van der Waals surface area contributed by atoms with E-state index in [4.69, 9.17) is 9.47 Å². The summed E-state index contributed by atoms with van der Waals surface area (Å²) in [5.41, 5.74) is 1.30. The lowest BCUT2D eigenvalue weighted by molar-refractivity contribution is 0.0895. The molecule has 5 nitrogen and oxygen atoms in total. The molecule has 0 saturated carbocycles. The maximum atomic E-state index is 12.3. The Morgan fingerprint density at radius 1 is 1.27 bits per heavy atom. The molecule has 0 spiro atoms. The number of rotatable bonds is 7. The molecule has 0 radical (unpaired) electrons. The van der Waals surface area contributed by atoms with Crippen LogP contribution in [0.2, 0.25) is 0 Å². The van der Waals surface area contributed by atoms with Crippen molar-refractivity contribution >= 4 is 23.5 Å². The van der Waals surface area contributed by atoms with Gasteiger partial charge < -0.3 is 14.6 Å². The van der Waals surface area contributed by atoms with Crippen LogP contribution in [-0.2, 0) is 4.74 Å². The van der Waals surface area contributed by atoms with Gasteiger partial charge in [-0.1, -0.05) is 19.1 Å². The van der Waals surface area contributed by atoms with Crippen LogP contribution in [-0.4, -0.2) is 24.6 Å². The molecule has 138 valence electrons. The van der Waals surface area contributed by atoms with Gasteiger partial charge in [-0.25, -0.2) is 4.79 Å². The zero-order valence-corrected chi connectivity index (χ0v) is 15.9. The highest BCUT2D eigenvalue weighted by Gasteiger charge is 2.23. The number of thioether (sulfide) groups is 1. The molecule has 2 aromatic rings. The maximum absolute atomic E-state index is 12.3. The van der Waals surface area contributed by atoms with Gasteiger partial charge in [0.1, 0.15) is 6.10 Å². The Morgan fingerprint density at radius 3 is 2.50 bits per heavy atom. The van der Waals surface area contributed by atoms with Gasteiger partial charge in [-0.15, -0.1) is 18.3 Å². The second-order valence-corrected chi connectivity index (χ2v) is 6.59. The Morgan fingerprint density at radius 2 is 1.96 bits per heavy atom. The molecule has 0 saturated heterocycles. The van der Waals surface area contributed by atoms with E-state index in [1.807, 2.05) is 37.4 Å². The fourth-order valence-electron chi connectivity index (χ4n) is 2.42. The summed E-state index contributed by atoms with van der Waals surface area (Å²) in [6, 6.07) is 12.4. The van der Waals surface area contributed by atoms with E-state index in [1.54, 1.807) is 30.0 Å². The molecule has 2 rings (SSSR count). The molecule has 0 aromatic heterocycles. The SMILES string of the molecule is C=C[C@H](C)[C@H](OC(=O)Nc1ccc(SC)cc1)c1ccc(OC)c(O)c1. The molecule has 1 amide bonds. The average Bonchev–Trinajstić information content (AvgIpc) is 2.66. The zero-order valence-electron chi connectivity index (χ0n) is 15.1. The number of ether oxygens (including phenoxy) is 2. The quantitative estimate of drug-likeness (QED) is 0.513. The number of phenols is 1. The summed E-state index contributed by atoms with van der Waals surface area (Å²) in [5.74, 6) is 0.201. The van der Waals surface area contributed by atoms with Crippen molar-refractivity contribution in [1.82, 2.24) is 0 Å². The van der Waals surface area contributed by atoms with Gasteiger partial charge in [-0.2, -0.15) is 0 Å². The average molecular weight is 373 g/mol. The molecule has 2 aromatic carbocycles. The van der Waals surface area contributed by atoms with Crippen molar-refractivity contribution in [2.24, 2.45) is 5.92 Å². The molecule has 0 bridgehead atoms. The molecule has 2 N–H and O–H groups in total. The Kier molecular flexibility index (Phi) is 6.97. The van der Waals surface area contributed by atoms with Gasteiger partial charge in [0.2, 0.25) is 0 Å². The molecule has 0 aliphatic rings. The predicted octanol–water partition coefficient (Wildman–Crippen LogP) is 5.23. The topological polar surface area (TPSA) is 67.8 Å². The molecule has 0 fully saturated rings. The van der Waals surface area contributed by atoms with Gasteiger partial charge in [0.25, 0.3) is 0 Å². The smallest absolute Gasteiger partial charge is 0.412 e. The number of hydrogen-bond acceptors (Lipinski definition) is 5. The number of nitrogens with one attached hydrogen (secondary N) is 1. The van der Waals surface area contributed by atoms with Crippen molar-refractivity contribution in [2.45, 2.75) is 17.9 Å². The fraction of sp³-hybridized carbons (Fsp3) is 0.250. The van der Waals surface area contributed by atoms with Crippen molar-refractivity contribution in [2.75, 3.05) is 18.7 Å². The minimum atomic E-state index is -0.588. The standard InChI is InChI=1S/C20H23NO4S/c1-5-13(2)19(14-6-11-18(24-3)17(22)12-14)25-20(23)21-15-7-9-16(26-4)10-8-15/h5-13,19,22H,1H2,2-4H3,(H,21,23)/t13-,19-/m0/s1. The minimum Gasteiger partial charge on any atom is -0.504 e. The molecule has 0 unspecified atom stereocenters. The van der Waals surface area contributed by atoms with Crippen LogP contribution in [0, 0.1) is 5.92 Å². The first-order chi connectivity index (χ1) is 12.5. The number of hydrogen-bond donors (Lipinski definition) is 2. The van der Waals surface area contributed by atoms with Crippen LogP contribution in [0.5, 0.6) is 11.5 Å². The van der Waals surface area contributed by atoms with Gasteiger partial charge in [-0.3, -0.25) is 5.32 Å². The second-order valence-electron chi connectivity index (χ2n) is 5.71. The first-order valence-corrected chi connectivity index (χ1v) is 9.32. The van der Waals surface area contributed by atoms with E-state index in [9.17, 15) is 9.90 Å². The summed E-state index contributed by atoms with van der Waals surface area (Å²) in [4.78, 5) is 13.4. The summed E-state index contributed by atoms with van der Waals surface area (Å²) in [6.45, 7) is 5.66. The highest BCUT2D eigenvalue weighted by molar-refractivity contribution is 7.98. The largest absolute Gasteiger partial charge is 0.504 e. The number of carbonyl (C=O) groups excluding carboxylic acids is 1. The van der Waals surface area contributed by atoms with Gasteiger partial charge in [-0.05, 0) is 48.2 Å². The summed E-state index contributed by atoms with van der Waals surface area (Å²) >= 11 is 1.63. The van der Waals surface area contributed by atoms with Crippen molar-refractivity contribution in [3.63, 3.8) is 0 Å². The lowest BCUT2D eigenvalue weighted by Gasteiger charge is -2.23. The minimum absolute atomic E-state index is 0.0112. The lowest BCUT2D eigenvalue weighted by Crippen LogP contribution is -2.21. The zero-order chi connectivity index (χ0) is 19.1. The molecule has 0 aliphatic carbocycles. The lowest BCUT2D eigenvalue weighted by atomic mass is 9.97. The molecule has 0 heterocycles. The van der Waals surface area contributed by atoms with E-state index in [0.29, 0.717) is 17.0 Å². The molecular formula is C20H23NO4S. The normalized spacial score (nSPS) is 12.7. The summed E-state index contributed by atoms with van der Waals surface area (Å²) < 4.78 is 10.7. The third-order valence-electron chi connectivity index (χ3n) is 3.95. The molecular weight excluding hydrogens is 350 g/mol. The number of carbonyl (C=O) groups is 1. The second kappa shape index (κ2) is 9.20. The predicted molar refractivity (Wildman–Crippen MR) is 105 cm³/mol. The van der Waals surface area contributed by atoms with Crippen LogP contribution in [0.15, 0.2) is 60.0 Å². The summed E-state index contributed by atoms with van der Waals surface area (Å²) in [5, 5.41) is 12.7. The number of amides is 1. The number of phenolic OH excluding ortho intramolecular Hbond substituents is 1. The highest BCUT2D eigenvalue weighted by atomic mass is 32.2. The molecule has 6 heteroatoms. The number of methoxy groups -OCH3 is 1. The number of anilines is 1. The van der Waals surface area contributed by atoms with Crippen LogP contribution in [0.4, 0.5) is 10.5 Å². The van der Waals surface area contributed by atoms with Crippen LogP contribution in [0.1, 0.15) is 18.6 Å². The third-order valence-corrected chi connectivity index (χ3v) is 4.69. The van der Waals surface area contributed by atoms with E-state index in [-0.39, 0.29) is 11.7 Å². The Labute approximate surface area is 158 Å². The van der Waals surface area contributed by atoms with E-state index < -0.39 is 12.2 Å². The van der Waals surface area contributed by atoms with Crippen molar-refractivity contribution in [1.29, 1.82) is 0 Å². The van der Waals surface area contributed by atoms with E-state index >= 15 is 0 Å². The summed E-state index contributed by atoms with van der Waals surface area (Å²) in [6.07, 6.45) is 2.53. The van der Waals surface area contributed by atoms with Crippen molar-refractivity contribution < 1.29 is 19.4 Å². The maximum Gasteiger partial charge on any atom is 0.412 e. The van der Waals surface area contributed by atoms with Crippen LogP contribution < -0.4 is 10.1 Å². The van der Waals surface area contributed by atoms with Gasteiger partial charge in [0, 0.05) is 16.5 Å². The van der Waals surface area contributed by atoms with Crippen molar-refractivity contribution in [3.8, 4) is 11.5 Å². The van der Waals surface area contributed by atoms with Gasteiger partial charge >= 0.3 is 6.09 Å². The Balaban J connectivity index is 2.15. The van der Waals surface area contributed by atoms with Crippen LogP contribution in [0.25, 0.3) is 0 Å². The van der Waals surface area contributed by atoms with Gasteiger partial charge in [0.15, 0.2) is 11.5 Å². The first kappa shape index (κ1) is 19.7. The number of aromatic hydroxyl groups is 1. The van der Waals surface area contributed by atoms with E-state index in [1.165, 1.54) is 13.2 Å². The van der Waals surface area contributed by atoms with Gasteiger partial charge in [0.05, 0.1) is 7.11 Å². The Bertz CT molecular complexity index is 761. The third kappa shape index (κ3) is 4.95. The van der Waals surface area contributed by atoms with Crippen LogP contribution >= 0.6 is 11.8 Å². The van der Waals surface area contributed by atoms with Crippen LogP contribution in [0.3, 0.4) is 0 Å². The van der Waals surface area contributed by atoms with E-state index in [2.05, 4.69) is 11.9 Å². The molecule has 26 heavy (non-hydrogen) atoms. The first-order valence-electron chi connectivity index (χ1n) is 8.09. The number of benzene rings is 2. The van der Waals surface area contributed by atoms with Crippen molar-refractivity contribution in [3.05, 3.63) is 60.7 Å². The molecule has 2 atom stereocenters. The molecule has 0 aliphatic heterocycles. The monoisotopic (exact) mass is 373 g/mol. The fourth-order valence-corrected chi connectivity index (χ4v) is 2.83. The Hall–Kier alpha value is -2.60. The summed E-state index contributed by atoms with van der Waals surface area (Å²) in [7, 11) is 1.48. The highest BCUT2D eigenvalue weighted by Crippen LogP contribution is 2.34.